The maximum atomic E-state index is 12.5. The summed E-state index contributed by atoms with van der Waals surface area (Å²) < 4.78 is 0. The predicted molar refractivity (Wildman–Crippen MR) is 87.7 cm³/mol. The number of carbonyl (C=O) groups excluding carboxylic acids is 3. The number of aliphatic imine (C=N–C) groups is 1. The van der Waals surface area contributed by atoms with Crippen LogP contribution in [-0.2, 0) is 19.2 Å². The minimum atomic E-state index is -1.50. The van der Waals surface area contributed by atoms with Gasteiger partial charge in [-0.1, -0.05) is 18.2 Å². The first kappa shape index (κ1) is 18.8. The zero-order valence-corrected chi connectivity index (χ0v) is 13.4. The summed E-state index contributed by atoms with van der Waals surface area (Å²) in [6.45, 7) is 0. The number of barbiturate groups is 1. The van der Waals surface area contributed by atoms with Gasteiger partial charge in [-0.2, -0.15) is 0 Å². The SMILES string of the molecule is O=C(O)CC[C@H](N=C[C@@H]1C(=O)NC(=O)N(c2ccccc2)C1=O)C(=O)O. The van der Waals surface area contributed by atoms with E-state index in [2.05, 4.69) is 4.99 Å². The lowest BCUT2D eigenvalue weighted by molar-refractivity contribution is -0.140. The van der Waals surface area contributed by atoms with Crippen LogP contribution in [0.4, 0.5) is 10.5 Å². The van der Waals surface area contributed by atoms with Gasteiger partial charge in [-0.05, 0) is 18.6 Å². The van der Waals surface area contributed by atoms with Crippen LogP contribution in [0, 0.1) is 5.92 Å². The van der Waals surface area contributed by atoms with E-state index in [1.165, 1.54) is 12.1 Å². The minimum absolute atomic E-state index is 0.238. The van der Waals surface area contributed by atoms with Gasteiger partial charge >= 0.3 is 18.0 Å². The van der Waals surface area contributed by atoms with Gasteiger partial charge in [0.05, 0.1) is 5.69 Å². The number of urea groups is 1. The molecule has 10 heteroatoms. The van der Waals surface area contributed by atoms with Crippen LogP contribution in [0.2, 0.25) is 0 Å². The van der Waals surface area contributed by atoms with Crippen LogP contribution in [0.3, 0.4) is 0 Å². The lowest BCUT2D eigenvalue weighted by Gasteiger charge is -2.28. The summed E-state index contributed by atoms with van der Waals surface area (Å²) in [6, 6.07) is 5.53. The maximum absolute atomic E-state index is 12.5. The van der Waals surface area contributed by atoms with Gasteiger partial charge in [0.15, 0.2) is 5.92 Å². The number of anilines is 1. The normalized spacial score (nSPS) is 18.7. The molecule has 0 aliphatic carbocycles. The fraction of sp³-hybridized carbons (Fsp3) is 0.250. The van der Waals surface area contributed by atoms with E-state index in [1.807, 2.05) is 5.32 Å². The van der Waals surface area contributed by atoms with E-state index in [9.17, 15) is 24.0 Å². The number of benzene rings is 1. The topological polar surface area (TPSA) is 153 Å². The van der Waals surface area contributed by atoms with E-state index in [-0.39, 0.29) is 12.1 Å². The number of rotatable bonds is 7. The van der Waals surface area contributed by atoms with Crippen LogP contribution >= 0.6 is 0 Å². The highest BCUT2D eigenvalue weighted by molar-refractivity contribution is 6.32. The van der Waals surface area contributed by atoms with Crippen molar-refractivity contribution < 1.29 is 34.2 Å². The maximum Gasteiger partial charge on any atom is 0.335 e. The summed E-state index contributed by atoms with van der Waals surface area (Å²) in [4.78, 5) is 62.5. The average Bonchev–Trinajstić information content (AvgIpc) is 2.57. The highest BCUT2D eigenvalue weighted by atomic mass is 16.4. The van der Waals surface area contributed by atoms with Crippen molar-refractivity contribution in [2.45, 2.75) is 18.9 Å². The quantitative estimate of drug-likeness (QED) is 0.465. The summed E-state index contributed by atoms with van der Waals surface area (Å²) in [5.41, 5.74) is 0.238. The first-order chi connectivity index (χ1) is 12.3. The zero-order chi connectivity index (χ0) is 19.3. The first-order valence-electron chi connectivity index (χ1n) is 7.53. The smallest absolute Gasteiger partial charge is 0.335 e. The molecule has 0 saturated carbocycles. The molecule has 1 aromatic carbocycles. The number of carboxylic acid groups (broad SMARTS) is 2. The van der Waals surface area contributed by atoms with E-state index in [1.54, 1.807) is 18.2 Å². The van der Waals surface area contributed by atoms with E-state index < -0.39 is 48.2 Å². The van der Waals surface area contributed by atoms with Gasteiger partial charge in [0.2, 0.25) is 5.91 Å². The number of nitrogens with one attached hydrogen (secondary N) is 1. The van der Waals surface area contributed by atoms with Gasteiger partial charge in [-0.3, -0.25) is 24.7 Å². The second-order valence-electron chi connectivity index (χ2n) is 5.37. The number of carboxylic acids is 2. The molecule has 26 heavy (non-hydrogen) atoms. The molecule has 1 aromatic rings. The van der Waals surface area contributed by atoms with Crippen molar-refractivity contribution in [3.8, 4) is 0 Å². The van der Waals surface area contributed by atoms with E-state index >= 15 is 0 Å². The van der Waals surface area contributed by atoms with Crippen molar-refractivity contribution in [3.05, 3.63) is 30.3 Å². The Kier molecular flexibility index (Phi) is 5.78. The van der Waals surface area contributed by atoms with Gasteiger partial charge in [0.25, 0.3) is 5.91 Å². The van der Waals surface area contributed by atoms with Gasteiger partial charge < -0.3 is 10.2 Å². The summed E-state index contributed by atoms with van der Waals surface area (Å²) in [7, 11) is 0. The molecular formula is C16H15N3O7. The van der Waals surface area contributed by atoms with Crippen LogP contribution in [0.1, 0.15) is 12.8 Å². The van der Waals surface area contributed by atoms with Crippen LogP contribution < -0.4 is 10.2 Å². The Bertz CT molecular complexity index is 775. The Morgan fingerprint density at radius 2 is 1.85 bits per heavy atom. The Morgan fingerprint density at radius 1 is 1.19 bits per heavy atom. The molecule has 2 rings (SSSR count). The number of hydrogen-bond donors (Lipinski definition) is 3. The number of para-hydroxylation sites is 1. The van der Waals surface area contributed by atoms with Gasteiger partial charge in [-0.15, -0.1) is 0 Å². The number of nitrogens with zero attached hydrogens (tertiary/aromatic N) is 2. The number of imide groups is 2. The molecule has 0 radical (unpaired) electrons. The third-order valence-corrected chi connectivity index (χ3v) is 3.55. The summed E-state index contributed by atoms with van der Waals surface area (Å²) >= 11 is 0. The molecular weight excluding hydrogens is 346 g/mol. The van der Waals surface area contributed by atoms with Gasteiger partial charge in [0, 0.05) is 12.6 Å². The molecule has 1 aliphatic rings. The standard InChI is InChI=1S/C16H15N3O7/c20-12(21)7-6-11(15(24)25)17-8-10-13(22)18-16(26)19(14(10)23)9-4-2-1-3-5-9/h1-5,8,10-11H,6-7H2,(H,20,21)(H,24,25)(H,18,22,26)/t10-,11+/m1/s1. The summed E-state index contributed by atoms with van der Waals surface area (Å²) in [5.74, 6) is -5.89. The highest BCUT2D eigenvalue weighted by Crippen LogP contribution is 2.19. The minimum Gasteiger partial charge on any atom is -0.481 e. The third kappa shape index (κ3) is 4.29. The van der Waals surface area contributed by atoms with Gasteiger partial charge in [-0.25, -0.2) is 14.5 Å². The summed E-state index contributed by atoms with van der Waals surface area (Å²) in [5, 5.41) is 19.7. The van der Waals surface area contributed by atoms with E-state index in [0.29, 0.717) is 0 Å². The molecule has 3 N–H and O–H groups in total. The van der Waals surface area contributed by atoms with Crippen molar-refractivity contribution in [3.63, 3.8) is 0 Å². The monoisotopic (exact) mass is 361 g/mol. The third-order valence-electron chi connectivity index (χ3n) is 3.55. The molecule has 1 saturated heterocycles. The van der Waals surface area contributed by atoms with Gasteiger partial charge in [0.1, 0.15) is 6.04 Å². The largest absolute Gasteiger partial charge is 0.481 e. The molecule has 10 nitrogen and oxygen atoms in total. The predicted octanol–water partition coefficient (Wildman–Crippen LogP) is 0.274. The van der Waals surface area contributed by atoms with E-state index in [4.69, 9.17) is 10.2 Å². The number of amides is 4. The molecule has 1 aliphatic heterocycles. The van der Waals surface area contributed by atoms with Crippen molar-refractivity contribution in [2.75, 3.05) is 4.90 Å². The van der Waals surface area contributed by atoms with E-state index in [0.717, 1.165) is 11.1 Å². The number of aliphatic carboxylic acids is 2. The number of hydrogen-bond acceptors (Lipinski definition) is 6. The molecule has 0 spiro atoms. The second kappa shape index (κ2) is 8.01. The molecule has 0 aromatic heterocycles. The van der Waals surface area contributed by atoms with Crippen molar-refractivity contribution in [2.24, 2.45) is 10.9 Å². The molecule has 1 fully saturated rings. The molecule has 4 amide bonds. The Morgan fingerprint density at radius 3 is 2.42 bits per heavy atom. The Hall–Kier alpha value is -3.56. The second-order valence-corrected chi connectivity index (χ2v) is 5.37. The molecule has 2 atom stereocenters. The Balaban J connectivity index is 2.22. The van der Waals surface area contributed by atoms with Crippen molar-refractivity contribution in [1.29, 1.82) is 0 Å². The first-order valence-corrected chi connectivity index (χ1v) is 7.53. The highest BCUT2D eigenvalue weighted by Gasteiger charge is 2.40. The Labute approximate surface area is 147 Å². The lowest BCUT2D eigenvalue weighted by atomic mass is 10.1. The molecule has 0 unspecified atom stereocenters. The molecule has 0 bridgehead atoms. The van der Waals surface area contributed by atoms with Crippen LogP contribution in [0.15, 0.2) is 35.3 Å². The van der Waals surface area contributed by atoms with Crippen molar-refractivity contribution >= 4 is 41.7 Å². The fourth-order valence-corrected chi connectivity index (χ4v) is 2.26. The zero-order valence-electron chi connectivity index (χ0n) is 13.4. The number of carbonyl (C=O) groups is 5. The van der Waals surface area contributed by atoms with Crippen LogP contribution in [0.25, 0.3) is 0 Å². The molecule has 136 valence electrons. The molecule has 1 heterocycles. The summed E-state index contributed by atoms with van der Waals surface area (Å²) in [6.07, 6.45) is 0.0967. The van der Waals surface area contributed by atoms with Crippen LogP contribution in [-0.4, -0.2) is 52.3 Å². The fourth-order valence-electron chi connectivity index (χ4n) is 2.26. The van der Waals surface area contributed by atoms with Crippen LogP contribution in [0.5, 0.6) is 0 Å². The lowest BCUT2D eigenvalue weighted by Crippen LogP contribution is -2.58. The average molecular weight is 361 g/mol. The van der Waals surface area contributed by atoms with Crippen molar-refractivity contribution in [1.82, 2.24) is 5.32 Å².